The van der Waals surface area contributed by atoms with Gasteiger partial charge in [0, 0.05) is 40.1 Å². The van der Waals surface area contributed by atoms with Crippen molar-refractivity contribution in [1.82, 2.24) is 24.9 Å². The number of fused-ring (bicyclic) bond motifs is 1. The summed E-state index contributed by atoms with van der Waals surface area (Å²) in [6.07, 6.45) is 22.7. The highest BCUT2D eigenvalue weighted by molar-refractivity contribution is 7.90. The van der Waals surface area contributed by atoms with E-state index in [0.29, 0.717) is 47.1 Å². The van der Waals surface area contributed by atoms with Crippen molar-refractivity contribution in [1.29, 1.82) is 0 Å². The van der Waals surface area contributed by atoms with Crippen LogP contribution in [0.25, 0.3) is 22.0 Å². The number of aromatic amines is 1. The van der Waals surface area contributed by atoms with Gasteiger partial charge in [0.2, 0.25) is 28.2 Å². The molecule has 2 saturated carbocycles. The number of carbonyl (C=O) groups excluding carboxylic acids is 3. The van der Waals surface area contributed by atoms with E-state index in [9.17, 15) is 32.0 Å². The van der Waals surface area contributed by atoms with Crippen LogP contribution in [0.4, 0.5) is 9.52 Å². The van der Waals surface area contributed by atoms with Crippen molar-refractivity contribution in [2.24, 2.45) is 5.41 Å². The Morgan fingerprint density at radius 2 is 1.68 bits per heavy atom. The van der Waals surface area contributed by atoms with Crippen LogP contribution in [0.1, 0.15) is 59.3 Å². The molecule has 3 amide bonds. The van der Waals surface area contributed by atoms with Crippen molar-refractivity contribution >= 4 is 67.1 Å². The largest absolute Gasteiger partial charge is 0.495 e. The summed E-state index contributed by atoms with van der Waals surface area (Å²) in [4.78, 5) is 56.2. The topological polar surface area (TPSA) is 180 Å². The maximum Gasteiger partial charge on any atom is 0.256 e. The van der Waals surface area contributed by atoms with Crippen molar-refractivity contribution in [2.45, 2.75) is 82.7 Å². The first kappa shape index (κ1) is 50.5. The van der Waals surface area contributed by atoms with Gasteiger partial charge in [-0.25, -0.2) is 17.8 Å². The standard InChI is InChI=1S/C23H29FN4O2S.C10H8ClNO2.C4H7NO3S.C2H4.2C2H2/c1-23(2,3)19(21(30)28-12-4-5-18(28)20(29)25-16-10-11-16)27-22-26-17(13-31-22)14-6-8-15(24)9-7-14;1-14-9-5-12-10(13)8-4-6(11)2-3-7(8)9;6-3-5-9(7,8)4-1-2-4;3*1-2/h6-9,13,16,18-19H,4-5,10-12H2,1-3H3,(H,25,29)(H,26,27);2-5H,1H3,(H,12,13);3-4H,1-2H2,(H,5,6);1-2H2;2*1-2H/t18-,19+;;;;;/m0...../s1. The number of aromatic nitrogens is 2. The van der Waals surface area contributed by atoms with Gasteiger partial charge in [0.1, 0.15) is 23.7 Å². The summed E-state index contributed by atoms with van der Waals surface area (Å²) in [7, 11) is -1.70. The van der Waals surface area contributed by atoms with Crippen LogP contribution >= 0.6 is 22.9 Å². The lowest BCUT2D eigenvalue weighted by atomic mass is 9.85. The lowest BCUT2D eigenvalue weighted by Gasteiger charge is -2.35. The Morgan fingerprint density at radius 1 is 1.05 bits per heavy atom. The molecule has 0 bridgehead atoms. The maximum absolute atomic E-state index is 13.5. The van der Waals surface area contributed by atoms with Crippen LogP contribution in [0.5, 0.6) is 5.75 Å². The molecule has 3 heterocycles. The van der Waals surface area contributed by atoms with Gasteiger partial charge in [0.05, 0.1) is 23.4 Å². The van der Waals surface area contributed by atoms with Gasteiger partial charge in [-0.05, 0) is 86.4 Å². The average molecular weight is 884 g/mol. The van der Waals surface area contributed by atoms with Crippen LogP contribution in [-0.2, 0) is 24.4 Å². The van der Waals surface area contributed by atoms with E-state index in [1.165, 1.54) is 23.5 Å². The summed E-state index contributed by atoms with van der Waals surface area (Å²) < 4.78 is 41.4. The molecule has 2 atom stereocenters. The van der Waals surface area contributed by atoms with Gasteiger partial charge < -0.3 is 25.3 Å². The average Bonchev–Trinajstić information content (AvgIpc) is 4.17. The summed E-state index contributed by atoms with van der Waals surface area (Å²) in [5.74, 6) is 0.242. The predicted octanol–water partition coefficient (Wildman–Crippen LogP) is 6.76. The molecular formula is C43H52ClFN6O7S2. The molecule has 2 aliphatic carbocycles. The van der Waals surface area contributed by atoms with Crippen LogP contribution in [0.2, 0.25) is 5.02 Å². The fraction of sp³-hybridized carbons (Fsp3) is 0.372. The number of likely N-dealkylation sites (tertiary alicyclic amines) is 1. The molecule has 1 aliphatic heterocycles. The molecule has 1 saturated heterocycles. The number of amides is 3. The van der Waals surface area contributed by atoms with Crippen LogP contribution in [0, 0.1) is 36.9 Å². The molecule has 322 valence electrons. The normalized spacial score (nSPS) is 15.7. The second kappa shape index (κ2) is 23.8. The number of methoxy groups -OCH3 is 1. The number of hydrogen-bond acceptors (Lipinski definition) is 10. The Hall–Kier alpha value is -5.68. The quantitative estimate of drug-likeness (QED) is 0.0761. The Bertz CT molecular complexity index is 2240. The number of nitrogens with one attached hydrogen (secondary N) is 4. The van der Waals surface area contributed by atoms with Crippen molar-refractivity contribution in [3.8, 4) is 42.7 Å². The monoisotopic (exact) mass is 882 g/mol. The molecular weight excluding hydrogens is 831 g/mol. The Morgan fingerprint density at radius 3 is 2.23 bits per heavy atom. The lowest BCUT2D eigenvalue weighted by Crippen LogP contribution is -2.54. The zero-order valence-electron chi connectivity index (χ0n) is 34.1. The summed E-state index contributed by atoms with van der Waals surface area (Å²) in [6.45, 7) is 12.6. The summed E-state index contributed by atoms with van der Waals surface area (Å²) in [5, 5.41) is 10.4. The molecule has 2 aromatic heterocycles. The van der Waals surface area contributed by atoms with Gasteiger partial charge in [-0.1, -0.05) is 32.4 Å². The molecule has 4 N–H and O–H groups in total. The number of rotatable bonds is 10. The molecule has 13 nitrogen and oxygen atoms in total. The predicted molar refractivity (Wildman–Crippen MR) is 239 cm³/mol. The first-order valence-corrected chi connectivity index (χ1v) is 21.5. The zero-order valence-corrected chi connectivity index (χ0v) is 36.5. The third kappa shape index (κ3) is 14.5. The number of thiazole rings is 1. The number of nitrogens with zero attached hydrogens (tertiary/aromatic N) is 2. The Balaban J connectivity index is 0.000000351. The number of H-pyrrole nitrogens is 1. The highest BCUT2D eigenvalue weighted by Gasteiger charge is 2.42. The summed E-state index contributed by atoms with van der Waals surface area (Å²) in [5.41, 5.74) is 1.01. The van der Waals surface area contributed by atoms with Gasteiger partial charge in [-0.2, -0.15) is 0 Å². The van der Waals surface area contributed by atoms with Crippen LogP contribution in [0.3, 0.4) is 0 Å². The minimum Gasteiger partial charge on any atom is -0.495 e. The van der Waals surface area contributed by atoms with Crippen LogP contribution in [0.15, 0.2) is 72.0 Å². The highest BCUT2D eigenvalue weighted by atomic mass is 35.5. The molecule has 17 heteroatoms. The van der Waals surface area contributed by atoms with E-state index in [1.807, 2.05) is 26.2 Å². The second-order valence-corrected chi connectivity index (χ2v) is 17.6. The van der Waals surface area contributed by atoms with Crippen LogP contribution < -0.4 is 25.7 Å². The molecule has 0 radical (unpaired) electrons. The number of hydrogen-bond donors (Lipinski definition) is 4. The van der Waals surface area contributed by atoms with E-state index < -0.39 is 22.1 Å². The summed E-state index contributed by atoms with van der Waals surface area (Å²) >= 11 is 7.20. The van der Waals surface area contributed by atoms with E-state index >= 15 is 0 Å². The van der Waals surface area contributed by atoms with Crippen LogP contribution in [-0.4, -0.2) is 78.5 Å². The Labute approximate surface area is 360 Å². The highest BCUT2D eigenvalue weighted by Crippen LogP contribution is 2.32. The smallest absolute Gasteiger partial charge is 0.256 e. The number of ether oxygens (including phenoxy) is 1. The van der Waals surface area contributed by atoms with Crippen molar-refractivity contribution in [3.63, 3.8) is 0 Å². The van der Waals surface area contributed by atoms with Crippen molar-refractivity contribution in [2.75, 3.05) is 19.0 Å². The number of carbonyl (C=O) groups is 3. The number of benzene rings is 2. The molecule has 3 fully saturated rings. The fourth-order valence-electron chi connectivity index (χ4n) is 5.78. The number of anilines is 1. The van der Waals surface area contributed by atoms with Gasteiger partial charge in [0.25, 0.3) is 5.56 Å². The fourth-order valence-corrected chi connectivity index (χ4v) is 7.78. The van der Waals surface area contributed by atoms with Gasteiger partial charge in [-0.15, -0.1) is 50.2 Å². The molecule has 2 aromatic carbocycles. The maximum atomic E-state index is 13.5. The number of halogens is 2. The third-order valence-electron chi connectivity index (χ3n) is 9.01. The van der Waals surface area contributed by atoms with Crippen molar-refractivity contribution in [3.05, 3.63) is 88.4 Å². The SMILES string of the molecule is C#C.C#C.C=C.CC(C)(C)[C@H](Nc1nc(-c2ccc(F)cc2)cs1)C(=O)N1CCC[C@H]1C(=O)NC1CC1.COc1c[nH]c(=O)c2cc(Cl)ccc12.O=CNS(=O)(=O)C1CC1. The zero-order chi connectivity index (χ0) is 45.2. The van der Waals surface area contributed by atoms with Gasteiger partial charge in [0.15, 0.2) is 5.13 Å². The second-order valence-electron chi connectivity index (χ2n) is 14.3. The van der Waals surface area contributed by atoms with E-state index in [0.717, 1.165) is 35.9 Å². The molecule has 4 aromatic rings. The number of sulfonamides is 1. The van der Waals surface area contributed by atoms with Crippen molar-refractivity contribution < 1.29 is 31.9 Å². The first-order valence-electron chi connectivity index (χ1n) is 18.7. The molecule has 0 unspecified atom stereocenters. The van der Waals surface area contributed by atoms with E-state index in [-0.39, 0.29) is 46.3 Å². The molecule has 7 rings (SSSR count). The number of pyridine rings is 1. The summed E-state index contributed by atoms with van der Waals surface area (Å²) in [6, 6.07) is 10.7. The van der Waals surface area contributed by atoms with E-state index in [2.05, 4.69) is 59.5 Å². The third-order valence-corrected chi connectivity index (χ3v) is 11.8. The van der Waals surface area contributed by atoms with E-state index in [4.69, 9.17) is 16.3 Å². The first-order chi connectivity index (χ1) is 28.6. The molecule has 3 aliphatic rings. The lowest BCUT2D eigenvalue weighted by molar-refractivity contribution is -0.140. The van der Waals surface area contributed by atoms with Gasteiger partial charge in [-0.3, -0.25) is 23.9 Å². The minimum atomic E-state index is -3.26. The number of terminal acetylenes is 2. The van der Waals surface area contributed by atoms with Gasteiger partial charge >= 0.3 is 0 Å². The Kier molecular flexibility index (Phi) is 20.0. The molecule has 60 heavy (non-hydrogen) atoms. The van der Waals surface area contributed by atoms with E-state index in [1.54, 1.807) is 53.3 Å². The molecule has 0 spiro atoms. The minimum absolute atomic E-state index is 0.0335.